The molecule has 30 heavy (non-hydrogen) atoms. The van der Waals surface area contributed by atoms with E-state index in [0.29, 0.717) is 12.2 Å². The minimum Gasteiger partial charge on any atom is -0.457 e. The Labute approximate surface area is 178 Å². The van der Waals surface area contributed by atoms with Gasteiger partial charge in [-0.25, -0.2) is 0 Å². The van der Waals surface area contributed by atoms with E-state index in [2.05, 4.69) is 32.9 Å². The molecule has 0 radical (unpaired) electrons. The number of carbonyl (C=O) groups is 2. The van der Waals surface area contributed by atoms with Crippen LogP contribution in [0.5, 0.6) is 11.5 Å². The van der Waals surface area contributed by atoms with Gasteiger partial charge in [0.05, 0.1) is 6.42 Å². The van der Waals surface area contributed by atoms with Crippen molar-refractivity contribution in [2.75, 3.05) is 0 Å². The predicted molar refractivity (Wildman–Crippen MR) is 120 cm³/mol. The van der Waals surface area contributed by atoms with Crippen LogP contribution in [0.1, 0.15) is 43.9 Å². The normalized spacial score (nSPS) is 11.2. The van der Waals surface area contributed by atoms with E-state index in [4.69, 9.17) is 4.74 Å². The Kier molecular flexibility index (Phi) is 6.83. The third-order valence-corrected chi connectivity index (χ3v) is 4.92. The number of ether oxygens (including phenoxy) is 1. The molecule has 0 saturated heterocycles. The van der Waals surface area contributed by atoms with Crippen molar-refractivity contribution in [1.82, 2.24) is 0 Å². The van der Waals surface area contributed by atoms with Crippen molar-refractivity contribution in [2.45, 2.75) is 45.4 Å². The molecule has 154 valence electrons. The van der Waals surface area contributed by atoms with E-state index in [-0.39, 0.29) is 29.8 Å². The lowest BCUT2D eigenvalue weighted by atomic mass is 9.86. The lowest BCUT2D eigenvalue weighted by Gasteiger charge is -2.19. The van der Waals surface area contributed by atoms with Crippen molar-refractivity contribution >= 4 is 11.6 Å². The van der Waals surface area contributed by atoms with Gasteiger partial charge in [0.1, 0.15) is 23.1 Å². The van der Waals surface area contributed by atoms with E-state index in [1.807, 2.05) is 66.7 Å². The summed E-state index contributed by atoms with van der Waals surface area (Å²) >= 11 is 0. The predicted octanol–water partition coefficient (Wildman–Crippen LogP) is 6.09. The monoisotopic (exact) mass is 400 g/mol. The van der Waals surface area contributed by atoms with Gasteiger partial charge >= 0.3 is 0 Å². The molecule has 0 unspecified atom stereocenters. The molecule has 0 aliphatic rings. The van der Waals surface area contributed by atoms with Crippen molar-refractivity contribution in [3.05, 3.63) is 95.6 Å². The molecular formula is C27H28O3. The van der Waals surface area contributed by atoms with Crippen LogP contribution in [0.15, 0.2) is 78.9 Å². The largest absolute Gasteiger partial charge is 0.457 e. The first-order valence-electron chi connectivity index (χ1n) is 10.2. The Morgan fingerprint density at radius 2 is 1.13 bits per heavy atom. The number of para-hydroxylation sites is 1. The van der Waals surface area contributed by atoms with Gasteiger partial charge in [-0.2, -0.15) is 0 Å². The van der Waals surface area contributed by atoms with Gasteiger partial charge < -0.3 is 4.74 Å². The van der Waals surface area contributed by atoms with E-state index in [1.165, 1.54) is 5.56 Å². The number of benzene rings is 3. The van der Waals surface area contributed by atoms with E-state index >= 15 is 0 Å². The first-order chi connectivity index (χ1) is 14.3. The summed E-state index contributed by atoms with van der Waals surface area (Å²) in [7, 11) is 0. The summed E-state index contributed by atoms with van der Waals surface area (Å²) in [4.78, 5) is 24.6. The quantitative estimate of drug-likeness (QED) is 0.430. The van der Waals surface area contributed by atoms with Crippen molar-refractivity contribution in [3.63, 3.8) is 0 Å². The summed E-state index contributed by atoms with van der Waals surface area (Å²) < 4.78 is 5.76. The Balaban J connectivity index is 1.49. The first kappa shape index (κ1) is 21.5. The van der Waals surface area contributed by atoms with Gasteiger partial charge in [-0.15, -0.1) is 0 Å². The molecule has 0 amide bonds. The summed E-state index contributed by atoms with van der Waals surface area (Å²) in [6.07, 6.45) is 0.504. The lowest BCUT2D eigenvalue weighted by Crippen LogP contribution is -2.13. The second-order valence-corrected chi connectivity index (χ2v) is 8.61. The van der Waals surface area contributed by atoms with Crippen LogP contribution < -0.4 is 4.74 Å². The van der Waals surface area contributed by atoms with Crippen LogP contribution in [0.4, 0.5) is 0 Å². The smallest absolute Gasteiger partial charge is 0.144 e. The molecule has 3 aromatic rings. The molecule has 0 heterocycles. The van der Waals surface area contributed by atoms with Crippen LogP contribution in [0.25, 0.3) is 0 Å². The summed E-state index contributed by atoms with van der Waals surface area (Å²) in [6, 6.07) is 25.0. The average molecular weight is 401 g/mol. The molecule has 3 aromatic carbocycles. The molecule has 0 aliphatic carbocycles. The maximum Gasteiger partial charge on any atom is 0.144 e. The van der Waals surface area contributed by atoms with Crippen LogP contribution in [-0.2, 0) is 27.8 Å². The Morgan fingerprint density at radius 1 is 0.667 bits per heavy atom. The highest BCUT2D eigenvalue weighted by Gasteiger charge is 2.15. The molecule has 0 atom stereocenters. The minimum atomic E-state index is -0.0666. The Hall–Kier alpha value is -3.20. The maximum absolute atomic E-state index is 12.3. The summed E-state index contributed by atoms with van der Waals surface area (Å²) in [6.45, 7) is 6.48. The lowest BCUT2D eigenvalue weighted by molar-refractivity contribution is -0.126. The molecule has 3 heteroatoms. The second-order valence-electron chi connectivity index (χ2n) is 8.61. The molecular weight excluding hydrogens is 372 g/mol. The molecule has 0 aliphatic heterocycles. The fraction of sp³-hybridized carbons (Fsp3) is 0.259. The SMILES string of the molecule is CC(C)(C)c1ccc(CC(=O)CC(=O)Cc2ccc(Oc3ccccc3)cc2)cc1. The standard InChI is InChI=1S/C27H28O3/c1-27(2,3)22-13-9-20(10-14-22)17-23(28)19-24(29)18-21-11-15-26(16-12-21)30-25-7-5-4-6-8-25/h4-16H,17-19H2,1-3H3. The number of ketones is 2. The number of carbonyl (C=O) groups excluding carboxylic acids is 2. The average Bonchev–Trinajstić information content (AvgIpc) is 2.70. The maximum atomic E-state index is 12.3. The van der Waals surface area contributed by atoms with Gasteiger partial charge in [-0.05, 0) is 46.4 Å². The highest BCUT2D eigenvalue weighted by atomic mass is 16.5. The number of rotatable bonds is 8. The highest BCUT2D eigenvalue weighted by molar-refractivity contribution is 6.00. The number of hydrogen-bond donors (Lipinski definition) is 0. The zero-order chi connectivity index (χ0) is 21.6. The summed E-state index contributed by atoms with van der Waals surface area (Å²) in [5.74, 6) is 1.37. The highest BCUT2D eigenvalue weighted by Crippen LogP contribution is 2.23. The summed E-state index contributed by atoms with van der Waals surface area (Å²) in [5.41, 5.74) is 3.14. The van der Waals surface area contributed by atoms with Gasteiger partial charge in [-0.1, -0.05) is 75.4 Å². The van der Waals surface area contributed by atoms with Gasteiger partial charge in [0.2, 0.25) is 0 Å². The van der Waals surface area contributed by atoms with E-state index in [0.717, 1.165) is 16.9 Å². The fourth-order valence-corrected chi connectivity index (χ4v) is 3.22. The Bertz CT molecular complexity index is 979. The zero-order valence-corrected chi connectivity index (χ0v) is 17.9. The number of hydrogen-bond acceptors (Lipinski definition) is 3. The van der Waals surface area contributed by atoms with Crippen LogP contribution in [0, 0.1) is 0 Å². The van der Waals surface area contributed by atoms with Crippen LogP contribution in [0.2, 0.25) is 0 Å². The van der Waals surface area contributed by atoms with Gasteiger partial charge in [0.15, 0.2) is 0 Å². The third kappa shape index (κ3) is 6.41. The van der Waals surface area contributed by atoms with Crippen molar-refractivity contribution in [3.8, 4) is 11.5 Å². The molecule has 0 spiro atoms. The topological polar surface area (TPSA) is 43.4 Å². The summed E-state index contributed by atoms with van der Waals surface area (Å²) in [5, 5.41) is 0. The zero-order valence-electron chi connectivity index (χ0n) is 17.9. The van der Waals surface area contributed by atoms with Gasteiger partial charge in [0, 0.05) is 12.8 Å². The van der Waals surface area contributed by atoms with Crippen LogP contribution in [0.3, 0.4) is 0 Å². The van der Waals surface area contributed by atoms with E-state index in [1.54, 1.807) is 0 Å². The van der Waals surface area contributed by atoms with Crippen LogP contribution >= 0.6 is 0 Å². The van der Waals surface area contributed by atoms with E-state index in [9.17, 15) is 9.59 Å². The second kappa shape index (κ2) is 9.53. The Morgan fingerprint density at radius 3 is 1.63 bits per heavy atom. The van der Waals surface area contributed by atoms with Gasteiger partial charge in [0.25, 0.3) is 0 Å². The molecule has 0 N–H and O–H groups in total. The molecule has 0 saturated carbocycles. The molecule has 0 aromatic heterocycles. The minimum absolute atomic E-state index is 0.0384. The molecule has 3 nitrogen and oxygen atoms in total. The van der Waals surface area contributed by atoms with Crippen molar-refractivity contribution < 1.29 is 14.3 Å². The van der Waals surface area contributed by atoms with Crippen molar-refractivity contribution in [1.29, 1.82) is 0 Å². The van der Waals surface area contributed by atoms with E-state index < -0.39 is 0 Å². The third-order valence-electron chi connectivity index (χ3n) is 4.92. The van der Waals surface area contributed by atoms with Crippen LogP contribution in [-0.4, -0.2) is 11.6 Å². The molecule has 0 fully saturated rings. The first-order valence-corrected chi connectivity index (χ1v) is 10.2. The fourth-order valence-electron chi connectivity index (χ4n) is 3.22. The van der Waals surface area contributed by atoms with Gasteiger partial charge in [-0.3, -0.25) is 9.59 Å². The number of Topliss-reactive ketones (excluding diaryl/α,β-unsaturated/α-hetero) is 2. The molecule has 0 bridgehead atoms. The van der Waals surface area contributed by atoms with Crippen molar-refractivity contribution in [2.24, 2.45) is 0 Å². The molecule has 3 rings (SSSR count).